The zero-order valence-electron chi connectivity index (χ0n) is 20.2. The van der Waals surface area contributed by atoms with Crippen LogP contribution in [0.5, 0.6) is 5.75 Å². The van der Waals surface area contributed by atoms with E-state index in [4.69, 9.17) is 4.74 Å². The number of aromatic nitrogens is 1. The van der Waals surface area contributed by atoms with Crippen LogP contribution in [0, 0.1) is 25.6 Å². The molecule has 0 aliphatic carbocycles. The Bertz CT molecular complexity index is 1170. The maximum atomic E-state index is 13.4. The van der Waals surface area contributed by atoms with Gasteiger partial charge in [0.1, 0.15) is 22.5 Å². The fourth-order valence-corrected chi connectivity index (χ4v) is 5.32. The zero-order valence-corrected chi connectivity index (χ0v) is 21.1. The number of likely N-dealkylation sites (tertiary alicyclic amines) is 1. The number of ether oxygens (including phenoxy) is 1. The number of hydrogen-bond acceptors (Lipinski definition) is 5. The number of amides is 2. The van der Waals surface area contributed by atoms with Crippen LogP contribution >= 0.6 is 11.3 Å². The van der Waals surface area contributed by atoms with Crippen molar-refractivity contribution in [2.75, 3.05) is 20.1 Å². The SMILES string of the molecule is Cc1nc(C)c(C(=O)N2CC[C@H](Oc3ccc(F)cc3)[C@@H](CC(=O)N(C)Cc3ccccc3)C2)s1. The van der Waals surface area contributed by atoms with Gasteiger partial charge in [0, 0.05) is 45.4 Å². The van der Waals surface area contributed by atoms with Crippen molar-refractivity contribution in [2.45, 2.75) is 39.3 Å². The second-order valence-electron chi connectivity index (χ2n) is 9.00. The average Bonchev–Trinajstić information content (AvgIpc) is 3.19. The molecule has 1 aliphatic rings. The zero-order chi connectivity index (χ0) is 24.9. The second kappa shape index (κ2) is 11.0. The number of rotatable bonds is 7. The Hall–Kier alpha value is -3.26. The first-order valence-electron chi connectivity index (χ1n) is 11.7. The molecule has 35 heavy (non-hydrogen) atoms. The maximum Gasteiger partial charge on any atom is 0.265 e. The van der Waals surface area contributed by atoms with Gasteiger partial charge in [-0.25, -0.2) is 9.37 Å². The molecule has 2 atom stereocenters. The summed E-state index contributed by atoms with van der Waals surface area (Å²) in [6.45, 7) is 5.18. The van der Waals surface area contributed by atoms with Gasteiger partial charge in [0.2, 0.25) is 5.91 Å². The van der Waals surface area contributed by atoms with E-state index in [-0.39, 0.29) is 36.1 Å². The highest BCUT2D eigenvalue weighted by Gasteiger charge is 2.36. The summed E-state index contributed by atoms with van der Waals surface area (Å²) in [5.41, 5.74) is 1.79. The first kappa shape index (κ1) is 24.9. The van der Waals surface area contributed by atoms with E-state index in [1.807, 2.05) is 44.2 Å². The summed E-state index contributed by atoms with van der Waals surface area (Å²) in [7, 11) is 1.79. The number of piperidine rings is 1. The minimum atomic E-state index is -0.331. The highest BCUT2D eigenvalue weighted by molar-refractivity contribution is 7.13. The van der Waals surface area contributed by atoms with Crippen molar-refractivity contribution in [3.63, 3.8) is 0 Å². The van der Waals surface area contributed by atoms with Crippen LogP contribution in [0.3, 0.4) is 0 Å². The van der Waals surface area contributed by atoms with Crippen LogP contribution in [0.2, 0.25) is 0 Å². The van der Waals surface area contributed by atoms with E-state index in [1.165, 1.54) is 23.5 Å². The number of carbonyl (C=O) groups is 2. The molecule has 0 radical (unpaired) electrons. The molecule has 8 heteroatoms. The molecular weight excluding hydrogens is 465 g/mol. The summed E-state index contributed by atoms with van der Waals surface area (Å²) in [5, 5.41) is 0.856. The highest BCUT2D eigenvalue weighted by atomic mass is 32.1. The first-order chi connectivity index (χ1) is 16.8. The molecule has 2 heterocycles. The third kappa shape index (κ3) is 6.25. The van der Waals surface area contributed by atoms with Crippen LogP contribution in [0.1, 0.15) is 38.8 Å². The maximum absolute atomic E-state index is 13.4. The first-order valence-corrected chi connectivity index (χ1v) is 12.5. The summed E-state index contributed by atoms with van der Waals surface area (Å²) < 4.78 is 19.6. The predicted molar refractivity (Wildman–Crippen MR) is 134 cm³/mol. The summed E-state index contributed by atoms with van der Waals surface area (Å²) in [6.07, 6.45) is 0.572. The Kier molecular flexibility index (Phi) is 7.80. The fraction of sp³-hybridized carbons (Fsp3) is 0.370. The Balaban J connectivity index is 1.49. The van der Waals surface area contributed by atoms with Gasteiger partial charge in [0.15, 0.2) is 0 Å². The van der Waals surface area contributed by atoms with E-state index in [0.717, 1.165) is 16.3 Å². The molecule has 6 nitrogen and oxygen atoms in total. The average molecular weight is 496 g/mol. The van der Waals surface area contributed by atoms with Crippen molar-refractivity contribution in [3.05, 3.63) is 81.6 Å². The van der Waals surface area contributed by atoms with Crippen LogP contribution in [0.15, 0.2) is 54.6 Å². The van der Waals surface area contributed by atoms with Gasteiger partial charge in [-0.1, -0.05) is 30.3 Å². The van der Waals surface area contributed by atoms with Crippen LogP contribution in [-0.4, -0.2) is 52.8 Å². The van der Waals surface area contributed by atoms with Crippen molar-refractivity contribution >= 4 is 23.2 Å². The van der Waals surface area contributed by atoms with E-state index in [2.05, 4.69) is 4.98 Å². The molecule has 0 spiro atoms. The van der Waals surface area contributed by atoms with Gasteiger partial charge in [-0.2, -0.15) is 0 Å². The number of carbonyl (C=O) groups excluding carboxylic acids is 2. The number of nitrogens with zero attached hydrogens (tertiary/aromatic N) is 3. The topological polar surface area (TPSA) is 62.7 Å². The Morgan fingerprint density at radius 1 is 1.14 bits per heavy atom. The third-order valence-corrected chi connectivity index (χ3v) is 7.34. The molecule has 0 saturated carbocycles. The Morgan fingerprint density at radius 2 is 1.86 bits per heavy atom. The molecule has 0 N–H and O–H groups in total. The van der Waals surface area contributed by atoms with Crippen molar-refractivity contribution < 1.29 is 18.7 Å². The van der Waals surface area contributed by atoms with E-state index in [1.54, 1.807) is 29.0 Å². The quantitative estimate of drug-likeness (QED) is 0.470. The lowest BCUT2D eigenvalue weighted by atomic mass is 9.90. The van der Waals surface area contributed by atoms with Crippen molar-refractivity contribution in [1.82, 2.24) is 14.8 Å². The van der Waals surface area contributed by atoms with Crippen LogP contribution in [0.25, 0.3) is 0 Å². The van der Waals surface area contributed by atoms with E-state index in [0.29, 0.717) is 36.7 Å². The van der Waals surface area contributed by atoms with Gasteiger partial charge in [0.25, 0.3) is 5.91 Å². The summed E-state index contributed by atoms with van der Waals surface area (Å²) >= 11 is 1.40. The molecule has 1 aliphatic heterocycles. The monoisotopic (exact) mass is 495 g/mol. The van der Waals surface area contributed by atoms with Gasteiger partial charge in [0.05, 0.1) is 10.7 Å². The molecule has 4 rings (SSSR count). The summed E-state index contributed by atoms with van der Waals surface area (Å²) in [4.78, 5) is 35.0. The second-order valence-corrected chi connectivity index (χ2v) is 10.2. The molecule has 3 aromatic rings. The van der Waals surface area contributed by atoms with Gasteiger partial charge < -0.3 is 14.5 Å². The lowest BCUT2D eigenvalue weighted by Gasteiger charge is -2.38. The number of halogens is 1. The molecule has 0 bridgehead atoms. The minimum absolute atomic E-state index is 0.00864. The van der Waals surface area contributed by atoms with Gasteiger partial charge in [-0.3, -0.25) is 9.59 Å². The minimum Gasteiger partial charge on any atom is -0.490 e. The third-order valence-electron chi connectivity index (χ3n) is 6.28. The van der Waals surface area contributed by atoms with Crippen molar-refractivity contribution in [3.8, 4) is 5.75 Å². The number of thiazole rings is 1. The molecule has 0 unspecified atom stereocenters. The number of benzene rings is 2. The lowest BCUT2D eigenvalue weighted by molar-refractivity contribution is -0.132. The molecule has 1 saturated heterocycles. The molecule has 2 amide bonds. The van der Waals surface area contributed by atoms with Crippen molar-refractivity contribution in [1.29, 1.82) is 0 Å². The molecule has 1 aromatic heterocycles. The van der Waals surface area contributed by atoms with Crippen LogP contribution < -0.4 is 4.74 Å². The number of hydrogen-bond donors (Lipinski definition) is 0. The van der Waals surface area contributed by atoms with E-state index in [9.17, 15) is 14.0 Å². The lowest BCUT2D eigenvalue weighted by Crippen LogP contribution is -2.49. The number of aryl methyl sites for hydroxylation is 2. The smallest absolute Gasteiger partial charge is 0.265 e. The molecular formula is C27H30FN3O3S. The van der Waals surface area contributed by atoms with Crippen LogP contribution in [-0.2, 0) is 11.3 Å². The summed E-state index contributed by atoms with van der Waals surface area (Å²) in [5.74, 6) is -0.0330. The Morgan fingerprint density at radius 3 is 2.51 bits per heavy atom. The molecule has 2 aromatic carbocycles. The standard InChI is InChI=1S/C27H30FN3O3S/c1-18-26(35-19(2)29-18)27(33)31-14-13-24(34-23-11-9-22(28)10-12-23)21(17-31)15-25(32)30(3)16-20-7-5-4-6-8-20/h4-12,21,24H,13-17H2,1-3H3/t21-,24-/m0/s1. The normalized spacial score (nSPS) is 17.8. The van der Waals surface area contributed by atoms with Gasteiger partial charge in [-0.05, 0) is 43.7 Å². The van der Waals surface area contributed by atoms with E-state index < -0.39 is 0 Å². The van der Waals surface area contributed by atoms with Gasteiger partial charge in [-0.15, -0.1) is 11.3 Å². The van der Waals surface area contributed by atoms with E-state index >= 15 is 0 Å². The van der Waals surface area contributed by atoms with Gasteiger partial charge >= 0.3 is 0 Å². The molecule has 1 fully saturated rings. The Labute approximate surface area is 209 Å². The van der Waals surface area contributed by atoms with Crippen molar-refractivity contribution in [2.24, 2.45) is 5.92 Å². The predicted octanol–water partition coefficient (Wildman–Crippen LogP) is 4.86. The fourth-order valence-electron chi connectivity index (χ4n) is 4.43. The largest absolute Gasteiger partial charge is 0.490 e. The summed E-state index contributed by atoms with van der Waals surface area (Å²) in [6, 6.07) is 15.7. The highest BCUT2D eigenvalue weighted by Crippen LogP contribution is 2.29. The van der Waals surface area contributed by atoms with Crippen LogP contribution in [0.4, 0.5) is 4.39 Å². The molecule has 184 valence electrons.